The lowest BCUT2D eigenvalue weighted by Gasteiger charge is -2.29. The predicted octanol–water partition coefficient (Wildman–Crippen LogP) is 1.23. The first kappa shape index (κ1) is 11.5. The van der Waals surface area contributed by atoms with Gasteiger partial charge >= 0.3 is 0 Å². The summed E-state index contributed by atoms with van der Waals surface area (Å²) in [6.45, 7) is 10.8. The number of hydrogen-bond donors (Lipinski definition) is 1. The van der Waals surface area contributed by atoms with E-state index in [0.29, 0.717) is 13.0 Å². The first-order valence-electron chi connectivity index (χ1n) is 5.24. The standard InChI is InChI=1S/C11H22N2O/c1-10(2)5-9(14)13(7-10)8-11(3,4)6-12/h5-8,12H2,1-4H3. The number of carbonyl (C=O) groups is 1. The summed E-state index contributed by atoms with van der Waals surface area (Å²) in [5.74, 6) is 0.275. The number of hydrogen-bond acceptors (Lipinski definition) is 2. The van der Waals surface area contributed by atoms with Gasteiger partial charge in [-0.3, -0.25) is 4.79 Å². The van der Waals surface area contributed by atoms with Gasteiger partial charge in [0.05, 0.1) is 0 Å². The molecule has 0 spiro atoms. The molecule has 0 saturated carbocycles. The third-order valence-corrected chi connectivity index (χ3v) is 2.77. The summed E-state index contributed by atoms with van der Waals surface area (Å²) >= 11 is 0. The van der Waals surface area contributed by atoms with Crippen LogP contribution in [0.2, 0.25) is 0 Å². The molecule has 1 aliphatic heterocycles. The van der Waals surface area contributed by atoms with Crippen LogP contribution in [0.4, 0.5) is 0 Å². The summed E-state index contributed by atoms with van der Waals surface area (Å²) in [5.41, 5.74) is 5.84. The maximum Gasteiger partial charge on any atom is 0.223 e. The average Bonchev–Trinajstić information content (AvgIpc) is 2.24. The highest BCUT2D eigenvalue weighted by Gasteiger charge is 2.37. The highest BCUT2D eigenvalue weighted by Crippen LogP contribution is 2.31. The summed E-state index contributed by atoms with van der Waals surface area (Å²) in [5, 5.41) is 0. The Morgan fingerprint density at radius 3 is 2.43 bits per heavy atom. The van der Waals surface area contributed by atoms with E-state index in [-0.39, 0.29) is 16.7 Å². The fourth-order valence-corrected chi connectivity index (χ4v) is 1.91. The zero-order chi connectivity index (χ0) is 11.0. The second-order valence-electron chi connectivity index (χ2n) is 5.96. The molecule has 0 aliphatic carbocycles. The highest BCUT2D eigenvalue weighted by molar-refractivity contribution is 5.79. The van der Waals surface area contributed by atoms with E-state index in [2.05, 4.69) is 27.7 Å². The SMILES string of the molecule is CC(C)(CN)CN1CC(C)(C)CC1=O. The maximum absolute atomic E-state index is 11.7. The van der Waals surface area contributed by atoms with E-state index in [1.807, 2.05) is 4.90 Å². The molecule has 0 bridgehead atoms. The summed E-state index contributed by atoms with van der Waals surface area (Å²) in [6.07, 6.45) is 0.674. The lowest BCUT2D eigenvalue weighted by molar-refractivity contribution is -0.128. The quantitative estimate of drug-likeness (QED) is 0.741. The first-order chi connectivity index (χ1) is 6.26. The predicted molar refractivity (Wildman–Crippen MR) is 57.8 cm³/mol. The topological polar surface area (TPSA) is 46.3 Å². The fraction of sp³-hybridized carbons (Fsp3) is 0.909. The monoisotopic (exact) mass is 198 g/mol. The third-order valence-electron chi connectivity index (χ3n) is 2.77. The summed E-state index contributed by atoms with van der Waals surface area (Å²) < 4.78 is 0. The van der Waals surface area contributed by atoms with Gasteiger partial charge in [-0.15, -0.1) is 0 Å². The number of nitrogens with zero attached hydrogens (tertiary/aromatic N) is 1. The Balaban J connectivity index is 2.60. The molecule has 82 valence electrons. The van der Waals surface area contributed by atoms with Crippen molar-refractivity contribution in [2.24, 2.45) is 16.6 Å². The molecule has 14 heavy (non-hydrogen) atoms. The molecule has 1 heterocycles. The molecule has 3 heteroatoms. The molecule has 1 saturated heterocycles. The van der Waals surface area contributed by atoms with Gasteiger partial charge in [-0.25, -0.2) is 0 Å². The van der Waals surface area contributed by atoms with Gasteiger partial charge in [-0.2, -0.15) is 0 Å². The smallest absolute Gasteiger partial charge is 0.223 e. The molecule has 0 radical (unpaired) electrons. The maximum atomic E-state index is 11.7. The van der Waals surface area contributed by atoms with Crippen molar-refractivity contribution >= 4 is 5.91 Å². The zero-order valence-electron chi connectivity index (χ0n) is 9.76. The van der Waals surface area contributed by atoms with Gasteiger partial charge in [0, 0.05) is 19.5 Å². The molecule has 3 nitrogen and oxygen atoms in total. The van der Waals surface area contributed by atoms with Crippen molar-refractivity contribution in [2.45, 2.75) is 34.1 Å². The van der Waals surface area contributed by atoms with Gasteiger partial charge < -0.3 is 10.6 Å². The molecule has 0 aromatic rings. The van der Waals surface area contributed by atoms with Gasteiger partial charge in [0.15, 0.2) is 0 Å². The zero-order valence-corrected chi connectivity index (χ0v) is 9.76. The van der Waals surface area contributed by atoms with Crippen molar-refractivity contribution in [3.8, 4) is 0 Å². The van der Waals surface area contributed by atoms with E-state index < -0.39 is 0 Å². The molecule has 0 aromatic heterocycles. The molecule has 1 rings (SSSR count). The van der Waals surface area contributed by atoms with Crippen molar-refractivity contribution in [1.29, 1.82) is 0 Å². The number of amides is 1. The Kier molecular flexibility index (Phi) is 2.91. The van der Waals surface area contributed by atoms with E-state index in [1.165, 1.54) is 0 Å². The van der Waals surface area contributed by atoms with E-state index in [1.54, 1.807) is 0 Å². The molecule has 2 N–H and O–H groups in total. The van der Waals surface area contributed by atoms with E-state index in [9.17, 15) is 4.79 Å². The molecule has 1 aliphatic rings. The van der Waals surface area contributed by atoms with Gasteiger partial charge in [0.25, 0.3) is 0 Å². The van der Waals surface area contributed by atoms with Crippen LogP contribution in [-0.4, -0.2) is 30.4 Å². The number of carbonyl (C=O) groups excluding carboxylic acids is 1. The second-order valence-corrected chi connectivity index (χ2v) is 5.96. The Labute approximate surface area is 86.6 Å². The Bertz CT molecular complexity index is 233. The van der Waals surface area contributed by atoms with Crippen LogP contribution in [0.15, 0.2) is 0 Å². The Hall–Kier alpha value is -0.570. The van der Waals surface area contributed by atoms with Crippen molar-refractivity contribution < 1.29 is 4.79 Å². The van der Waals surface area contributed by atoms with Gasteiger partial charge in [0.1, 0.15) is 0 Å². The molecule has 1 fully saturated rings. The van der Waals surface area contributed by atoms with Gasteiger partial charge in [-0.05, 0) is 17.4 Å². The normalized spacial score (nSPS) is 21.8. The minimum absolute atomic E-state index is 0.0378. The van der Waals surface area contributed by atoms with Crippen LogP contribution in [0.1, 0.15) is 34.1 Å². The molecule has 0 atom stereocenters. The van der Waals surface area contributed by atoms with Crippen LogP contribution in [0.25, 0.3) is 0 Å². The van der Waals surface area contributed by atoms with Crippen molar-refractivity contribution in [3.05, 3.63) is 0 Å². The minimum atomic E-state index is 0.0378. The van der Waals surface area contributed by atoms with Crippen molar-refractivity contribution in [2.75, 3.05) is 19.6 Å². The number of rotatable bonds is 3. The van der Waals surface area contributed by atoms with Crippen LogP contribution < -0.4 is 5.73 Å². The highest BCUT2D eigenvalue weighted by atomic mass is 16.2. The van der Waals surface area contributed by atoms with Crippen LogP contribution in [0, 0.1) is 10.8 Å². The largest absolute Gasteiger partial charge is 0.342 e. The van der Waals surface area contributed by atoms with Crippen LogP contribution in [-0.2, 0) is 4.79 Å². The third kappa shape index (κ3) is 2.71. The lowest BCUT2D eigenvalue weighted by atomic mass is 9.92. The Morgan fingerprint density at radius 1 is 1.50 bits per heavy atom. The van der Waals surface area contributed by atoms with Crippen molar-refractivity contribution in [1.82, 2.24) is 4.90 Å². The van der Waals surface area contributed by atoms with Crippen LogP contribution in [0.3, 0.4) is 0 Å². The van der Waals surface area contributed by atoms with Crippen LogP contribution >= 0.6 is 0 Å². The summed E-state index contributed by atoms with van der Waals surface area (Å²) in [6, 6.07) is 0. The lowest BCUT2D eigenvalue weighted by Crippen LogP contribution is -2.39. The van der Waals surface area contributed by atoms with E-state index in [4.69, 9.17) is 5.73 Å². The minimum Gasteiger partial charge on any atom is -0.342 e. The number of nitrogens with two attached hydrogens (primary N) is 1. The summed E-state index contributed by atoms with van der Waals surface area (Å²) in [7, 11) is 0. The molecule has 0 aromatic carbocycles. The average molecular weight is 198 g/mol. The van der Waals surface area contributed by atoms with Gasteiger partial charge in [-0.1, -0.05) is 27.7 Å². The van der Waals surface area contributed by atoms with Crippen LogP contribution in [0.5, 0.6) is 0 Å². The Morgan fingerprint density at radius 2 is 2.07 bits per heavy atom. The molecule has 0 unspecified atom stereocenters. The second kappa shape index (κ2) is 3.54. The molecule has 1 amide bonds. The number of likely N-dealkylation sites (tertiary alicyclic amines) is 1. The molecular formula is C11H22N2O. The molecular weight excluding hydrogens is 176 g/mol. The fourth-order valence-electron chi connectivity index (χ4n) is 1.91. The summed E-state index contributed by atoms with van der Waals surface area (Å²) in [4.78, 5) is 13.6. The van der Waals surface area contributed by atoms with Gasteiger partial charge in [0.2, 0.25) is 5.91 Å². The van der Waals surface area contributed by atoms with Crippen molar-refractivity contribution in [3.63, 3.8) is 0 Å². The first-order valence-corrected chi connectivity index (χ1v) is 5.24. The van der Waals surface area contributed by atoms with E-state index in [0.717, 1.165) is 13.1 Å². The van der Waals surface area contributed by atoms with E-state index >= 15 is 0 Å².